The molecule has 0 saturated carbocycles. The molecule has 0 bridgehead atoms. The summed E-state index contributed by atoms with van der Waals surface area (Å²) in [5.74, 6) is -0.161. The molecular weight excluding hydrogens is 701 g/mol. The number of hydrogen-bond donors (Lipinski definition) is 2. The molecule has 2 N–H and O–H groups in total. The van der Waals surface area contributed by atoms with Crippen LogP contribution in [0.4, 0.5) is 11.4 Å². The Hall–Kier alpha value is -4.36. The second kappa shape index (κ2) is 17.0. The number of ketones is 2. The van der Waals surface area contributed by atoms with Gasteiger partial charge in [0, 0.05) is 34.6 Å². The van der Waals surface area contributed by atoms with Gasteiger partial charge in [-0.15, -0.1) is 0 Å². The average molecular weight is 747 g/mol. The third-order valence-electron chi connectivity index (χ3n) is 8.78. The molecule has 52 heavy (non-hydrogen) atoms. The maximum Gasteiger partial charge on any atom is 0.296 e. The van der Waals surface area contributed by atoms with Crippen LogP contribution < -0.4 is 10.6 Å². The lowest BCUT2D eigenvalue weighted by Gasteiger charge is -2.29. The zero-order valence-corrected chi connectivity index (χ0v) is 31.5. The van der Waals surface area contributed by atoms with Gasteiger partial charge in [-0.3, -0.25) is 18.0 Å². The summed E-state index contributed by atoms with van der Waals surface area (Å²) in [6, 6.07) is 25.6. The van der Waals surface area contributed by atoms with Gasteiger partial charge in [-0.25, -0.2) is 0 Å². The standard InChI is InChI=1S/C40H46N2O8S2/c1-27(2)25-29(21-23-49-51(45,46)31-13-7-5-8-14-31)41-35-19-20-36(38-37(35)39(43)33-17-11-12-18-34(33)40(38)44)42-30(26-28(3)4)22-24-50-52(47,48)32-15-9-6-10-16-32/h5-20,27-30,41-42H,21-26H2,1-4H3/t29-,30+. The molecule has 0 unspecified atom stereocenters. The molecule has 1 aliphatic rings. The van der Waals surface area contributed by atoms with Crippen LogP contribution in [0.3, 0.4) is 0 Å². The van der Waals surface area contributed by atoms with E-state index < -0.39 is 20.2 Å². The van der Waals surface area contributed by atoms with Crippen molar-refractivity contribution in [2.75, 3.05) is 23.8 Å². The highest BCUT2D eigenvalue weighted by Crippen LogP contribution is 2.38. The second-order valence-corrected chi connectivity index (χ2v) is 17.0. The molecule has 0 aromatic heterocycles. The minimum Gasteiger partial charge on any atom is -0.382 e. The van der Waals surface area contributed by atoms with Crippen molar-refractivity contribution in [1.82, 2.24) is 0 Å². The lowest BCUT2D eigenvalue weighted by atomic mass is 9.81. The van der Waals surface area contributed by atoms with E-state index in [0.717, 1.165) is 0 Å². The summed E-state index contributed by atoms with van der Waals surface area (Å²) < 4.78 is 61.9. The first-order valence-electron chi connectivity index (χ1n) is 17.5. The Morgan fingerprint density at radius 1 is 0.519 bits per heavy atom. The molecule has 0 radical (unpaired) electrons. The summed E-state index contributed by atoms with van der Waals surface area (Å²) in [5.41, 5.74) is 1.98. The molecule has 0 heterocycles. The number of carbonyl (C=O) groups is 2. The first-order valence-corrected chi connectivity index (χ1v) is 20.4. The SMILES string of the molecule is CC(C)C[C@@H](CCOS(=O)(=O)c1ccccc1)Nc1ccc(N[C@@H](CCOS(=O)(=O)c2ccccc2)CC(C)C)c2c1C(=O)c1ccccc1C2=O. The van der Waals surface area contributed by atoms with Gasteiger partial charge < -0.3 is 10.6 Å². The number of benzene rings is 4. The fraction of sp³-hybridized carbons (Fsp3) is 0.350. The van der Waals surface area contributed by atoms with E-state index in [9.17, 15) is 26.4 Å². The van der Waals surface area contributed by atoms with Crippen molar-refractivity contribution in [3.8, 4) is 0 Å². The molecule has 0 amide bonds. The Bertz CT molecular complexity index is 1940. The molecule has 0 aliphatic heterocycles. The van der Waals surface area contributed by atoms with Gasteiger partial charge >= 0.3 is 0 Å². The summed E-state index contributed by atoms with van der Waals surface area (Å²) in [6.45, 7) is 8.03. The van der Waals surface area contributed by atoms with Crippen molar-refractivity contribution >= 4 is 43.2 Å². The smallest absolute Gasteiger partial charge is 0.296 e. The molecule has 0 saturated heterocycles. The third-order valence-corrected chi connectivity index (χ3v) is 11.4. The van der Waals surface area contributed by atoms with Crippen LogP contribution in [0.15, 0.2) is 107 Å². The highest BCUT2D eigenvalue weighted by molar-refractivity contribution is 7.87. The van der Waals surface area contributed by atoms with E-state index in [1.54, 1.807) is 72.8 Å². The van der Waals surface area contributed by atoms with Gasteiger partial charge in [0.15, 0.2) is 11.6 Å². The van der Waals surface area contributed by atoms with Gasteiger partial charge in [-0.1, -0.05) is 88.4 Å². The largest absolute Gasteiger partial charge is 0.382 e. The van der Waals surface area contributed by atoms with E-state index in [2.05, 4.69) is 10.6 Å². The maximum atomic E-state index is 14.2. The number of carbonyl (C=O) groups excluding carboxylic acids is 2. The highest BCUT2D eigenvalue weighted by Gasteiger charge is 2.35. The number of hydrogen-bond acceptors (Lipinski definition) is 10. The van der Waals surface area contributed by atoms with Crippen LogP contribution in [0.1, 0.15) is 85.2 Å². The van der Waals surface area contributed by atoms with Crippen LogP contribution in [0.5, 0.6) is 0 Å². The van der Waals surface area contributed by atoms with Crippen LogP contribution in [-0.2, 0) is 28.6 Å². The first-order chi connectivity index (χ1) is 24.8. The average Bonchev–Trinajstić information content (AvgIpc) is 3.11. The predicted octanol–water partition coefficient (Wildman–Crippen LogP) is 7.71. The Balaban J connectivity index is 1.42. The van der Waals surface area contributed by atoms with Gasteiger partial charge in [-0.2, -0.15) is 16.8 Å². The van der Waals surface area contributed by atoms with Crippen LogP contribution >= 0.6 is 0 Å². The van der Waals surface area contributed by atoms with E-state index in [1.165, 1.54) is 24.3 Å². The maximum absolute atomic E-state index is 14.2. The predicted molar refractivity (Wildman–Crippen MR) is 202 cm³/mol. The Labute approximate surface area is 307 Å². The van der Waals surface area contributed by atoms with Gasteiger partial charge in [0.1, 0.15) is 0 Å². The highest BCUT2D eigenvalue weighted by atomic mass is 32.2. The van der Waals surface area contributed by atoms with E-state index in [-0.39, 0.29) is 69.6 Å². The zero-order chi connectivity index (χ0) is 37.5. The van der Waals surface area contributed by atoms with E-state index >= 15 is 0 Å². The minimum absolute atomic E-state index is 0.0726. The molecular formula is C40H46N2O8S2. The molecule has 10 nitrogen and oxygen atoms in total. The Morgan fingerprint density at radius 2 is 0.865 bits per heavy atom. The molecule has 12 heteroatoms. The normalized spacial score (nSPS) is 14.2. The topological polar surface area (TPSA) is 145 Å². The molecule has 4 aromatic carbocycles. The lowest BCUT2D eigenvalue weighted by molar-refractivity contribution is 0.0980. The molecule has 1 aliphatic carbocycles. The molecule has 2 atom stereocenters. The van der Waals surface area contributed by atoms with Gasteiger partial charge in [0.2, 0.25) is 0 Å². The molecule has 0 fully saturated rings. The van der Waals surface area contributed by atoms with Crippen molar-refractivity contribution in [2.45, 2.75) is 75.3 Å². The van der Waals surface area contributed by atoms with Crippen molar-refractivity contribution in [3.63, 3.8) is 0 Å². The van der Waals surface area contributed by atoms with E-state index in [1.807, 2.05) is 27.7 Å². The summed E-state index contributed by atoms with van der Waals surface area (Å²) in [7, 11) is -7.91. The number of nitrogens with one attached hydrogen (secondary N) is 2. The fourth-order valence-electron chi connectivity index (χ4n) is 6.45. The first kappa shape index (κ1) is 38.9. The molecule has 0 spiro atoms. The van der Waals surface area contributed by atoms with Crippen molar-refractivity contribution in [3.05, 3.63) is 119 Å². The molecule has 276 valence electrons. The third kappa shape index (κ3) is 9.54. The van der Waals surface area contributed by atoms with E-state index in [4.69, 9.17) is 8.37 Å². The van der Waals surface area contributed by atoms with Crippen LogP contribution in [0.2, 0.25) is 0 Å². The van der Waals surface area contributed by atoms with Crippen LogP contribution in [-0.4, -0.2) is 53.7 Å². The van der Waals surface area contributed by atoms with Gasteiger partial charge in [0.05, 0.1) is 34.1 Å². The fourth-order valence-corrected chi connectivity index (χ4v) is 8.33. The minimum atomic E-state index is -3.95. The van der Waals surface area contributed by atoms with Gasteiger partial charge in [0.25, 0.3) is 20.2 Å². The summed E-state index contributed by atoms with van der Waals surface area (Å²) >= 11 is 0. The molecule has 4 aromatic rings. The quantitative estimate of drug-likeness (QED) is 0.0856. The van der Waals surface area contributed by atoms with Crippen molar-refractivity contribution < 1.29 is 34.8 Å². The number of fused-ring (bicyclic) bond motifs is 2. The van der Waals surface area contributed by atoms with E-state index in [0.29, 0.717) is 48.2 Å². The van der Waals surface area contributed by atoms with Gasteiger partial charge in [-0.05, 0) is 73.9 Å². The summed E-state index contributed by atoms with van der Waals surface area (Å²) in [6.07, 6.45) is 1.93. The Morgan fingerprint density at radius 3 is 1.21 bits per heavy atom. The second-order valence-electron chi connectivity index (χ2n) is 13.8. The Kier molecular flexibility index (Phi) is 12.7. The summed E-state index contributed by atoms with van der Waals surface area (Å²) in [4.78, 5) is 28.6. The van der Waals surface area contributed by atoms with Crippen LogP contribution in [0.25, 0.3) is 0 Å². The zero-order valence-electron chi connectivity index (χ0n) is 29.9. The summed E-state index contributed by atoms with van der Waals surface area (Å²) in [5, 5.41) is 6.93. The number of rotatable bonds is 18. The number of anilines is 2. The van der Waals surface area contributed by atoms with Crippen molar-refractivity contribution in [1.29, 1.82) is 0 Å². The lowest BCUT2D eigenvalue weighted by Crippen LogP contribution is -2.30. The van der Waals surface area contributed by atoms with Crippen molar-refractivity contribution in [2.24, 2.45) is 11.8 Å². The monoisotopic (exact) mass is 746 g/mol. The van der Waals surface area contributed by atoms with Crippen LogP contribution in [0, 0.1) is 11.8 Å². The molecule has 5 rings (SSSR count).